The molecule has 1 saturated heterocycles. The lowest BCUT2D eigenvalue weighted by Gasteiger charge is -2.40. The number of amides is 1. The van der Waals surface area contributed by atoms with Gasteiger partial charge < -0.3 is 10.2 Å². The molecule has 0 bridgehead atoms. The molecule has 1 N–H and O–H groups in total. The number of benzene rings is 1. The first-order valence-corrected chi connectivity index (χ1v) is 12.4. The Morgan fingerprint density at radius 3 is 2.76 bits per heavy atom. The van der Waals surface area contributed by atoms with Crippen LogP contribution in [0.1, 0.15) is 51.5 Å². The summed E-state index contributed by atoms with van der Waals surface area (Å²) in [5.74, 6) is 1.13. The Morgan fingerprint density at radius 1 is 1.31 bits per heavy atom. The third-order valence-corrected chi connectivity index (χ3v) is 7.37. The molecule has 1 aromatic rings. The van der Waals surface area contributed by atoms with Gasteiger partial charge in [0.15, 0.2) is 0 Å². The first kappa shape index (κ1) is 22.9. The lowest BCUT2D eigenvalue weighted by molar-refractivity contribution is -0.135. The summed E-state index contributed by atoms with van der Waals surface area (Å²) in [5, 5.41) is 3.23. The molecule has 1 amide bonds. The molecule has 2 fully saturated rings. The molecule has 0 radical (unpaired) electrons. The Labute approximate surface area is 183 Å². The lowest BCUT2D eigenvalue weighted by atomic mass is 10.00. The van der Waals surface area contributed by atoms with E-state index in [2.05, 4.69) is 40.5 Å². The van der Waals surface area contributed by atoms with Gasteiger partial charge in [0.1, 0.15) is 0 Å². The number of likely N-dealkylation sites (N-methyl/N-ethyl adjacent to an activating group) is 1. The Bertz CT molecular complexity index is 671. The number of carbonyl (C=O) groups is 1. The van der Waals surface area contributed by atoms with Crippen LogP contribution in [0, 0.1) is 5.92 Å². The van der Waals surface area contributed by atoms with Crippen LogP contribution in [0.2, 0.25) is 0 Å². The van der Waals surface area contributed by atoms with Gasteiger partial charge in [-0.25, -0.2) is 4.31 Å². The van der Waals surface area contributed by atoms with E-state index in [1.54, 1.807) is 11.9 Å². The molecule has 0 spiro atoms. The van der Waals surface area contributed by atoms with Gasteiger partial charge in [-0.05, 0) is 74.7 Å². The van der Waals surface area contributed by atoms with Crippen molar-refractivity contribution in [3.05, 3.63) is 29.8 Å². The minimum Gasteiger partial charge on any atom is -0.340 e. The van der Waals surface area contributed by atoms with E-state index in [9.17, 15) is 8.68 Å². The van der Waals surface area contributed by atoms with Crippen LogP contribution in [-0.4, -0.2) is 53.4 Å². The molecule has 1 saturated carbocycles. The van der Waals surface area contributed by atoms with Gasteiger partial charge in [0.05, 0.1) is 11.8 Å². The van der Waals surface area contributed by atoms with Crippen LogP contribution in [0.15, 0.2) is 29.2 Å². The smallest absolute Gasteiger partial charge is 0.239 e. The second-order valence-corrected chi connectivity index (χ2v) is 10.2. The number of nitrogens with one attached hydrogen (secondary N) is 1. The fourth-order valence-corrected chi connectivity index (χ4v) is 5.62. The van der Waals surface area contributed by atoms with E-state index in [0.717, 1.165) is 37.9 Å². The van der Waals surface area contributed by atoms with E-state index in [1.807, 2.05) is 19.2 Å². The molecule has 2 atom stereocenters. The fourth-order valence-electron chi connectivity index (χ4n) is 4.05. The molecule has 1 aromatic carbocycles. The van der Waals surface area contributed by atoms with Crippen molar-refractivity contribution in [3.8, 4) is 0 Å². The maximum absolute atomic E-state index is 13.1. The second kappa shape index (κ2) is 11.0. The summed E-state index contributed by atoms with van der Waals surface area (Å²) < 4.78 is 15.2. The quantitative estimate of drug-likeness (QED) is 0.525. The largest absolute Gasteiger partial charge is 0.340 e. The molecular weight excluding hydrogens is 405 g/mol. The van der Waals surface area contributed by atoms with Crippen molar-refractivity contribution in [1.29, 1.82) is 0 Å². The summed E-state index contributed by atoms with van der Waals surface area (Å²) in [6.45, 7) is 5.99. The van der Waals surface area contributed by atoms with Crippen LogP contribution in [0.4, 0.5) is 3.89 Å². The molecule has 29 heavy (non-hydrogen) atoms. The summed E-state index contributed by atoms with van der Waals surface area (Å²) in [6.07, 6.45) is 5.50. The molecule has 4 nitrogen and oxygen atoms in total. The van der Waals surface area contributed by atoms with Crippen molar-refractivity contribution < 1.29 is 8.68 Å². The molecule has 1 aliphatic heterocycles. The summed E-state index contributed by atoms with van der Waals surface area (Å²) in [7, 11) is 1.89. The predicted octanol–water partition coefficient (Wildman–Crippen LogP) is 4.90. The third-order valence-electron chi connectivity index (χ3n) is 5.66. The standard InChI is InChI=1S/C22H34FN3OS2/c1-16(2)12-21(24-3)22(27)25-11-5-7-19(14-25)26(18-9-10-18)29-20-8-4-6-17(13-20)15-28-23/h4,6,8,13,16,18-19,21,24H,5,7,9-12,14-15H2,1-3H3/t19?,21-/m0/s1. The summed E-state index contributed by atoms with van der Waals surface area (Å²) in [4.78, 5) is 16.3. The van der Waals surface area contributed by atoms with E-state index in [-0.39, 0.29) is 11.9 Å². The molecule has 3 rings (SSSR count). The number of piperidine rings is 1. The number of carbonyl (C=O) groups excluding carboxylic acids is 1. The average molecular weight is 440 g/mol. The second-order valence-electron chi connectivity index (χ2n) is 8.63. The van der Waals surface area contributed by atoms with Crippen molar-refractivity contribution in [2.24, 2.45) is 5.92 Å². The van der Waals surface area contributed by atoms with E-state index >= 15 is 0 Å². The highest BCUT2D eigenvalue weighted by Gasteiger charge is 2.38. The van der Waals surface area contributed by atoms with Gasteiger partial charge in [-0.1, -0.05) is 26.0 Å². The molecule has 2 aliphatic rings. The van der Waals surface area contributed by atoms with Crippen molar-refractivity contribution >= 4 is 30.0 Å². The van der Waals surface area contributed by atoms with Crippen LogP contribution >= 0.6 is 24.1 Å². The Kier molecular flexibility index (Phi) is 8.71. The zero-order valence-corrected chi connectivity index (χ0v) is 19.4. The number of hydrogen-bond donors (Lipinski definition) is 1. The topological polar surface area (TPSA) is 35.6 Å². The average Bonchev–Trinajstić information content (AvgIpc) is 3.55. The van der Waals surface area contributed by atoms with Crippen molar-refractivity contribution in [2.75, 3.05) is 20.1 Å². The van der Waals surface area contributed by atoms with Crippen molar-refractivity contribution in [2.45, 2.75) is 74.7 Å². The maximum Gasteiger partial charge on any atom is 0.239 e. The SMILES string of the molecule is CN[C@@H](CC(C)C)C(=O)N1CCCC(N(Sc2cccc(CSF)c2)C2CC2)C1. The van der Waals surface area contributed by atoms with Crippen LogP contribution in [0.5, 0.6) is 0 Å². The maximum atomic E-state index is 13.1. The number of likely N-dealkylation sites (tertiary alicyclic amines) is 1. The summed E-state index contributed by atoms with van der Waals surface area (Å²) in [6, 6.07) is 9.07. The number of hydrogen-bond acceptors (Lipinski definition) is 5. The highest BCUT2D eigenvalue weighted by atomic mass is 32.2. The highest BCUT2D eigenvalue weighted by Crippen LogP contribution is 2.40. The molecule has 1 unspecified atom stereocenters. The Morgan fingerprint density at radius 2 is 2.10 bits per heavy atom. The number of rotatable bonds is 10. The highest BCUT2D eigenvalue weighted by molar-refractivity contribution is 7.97. The van der Waals surface area contributed by atoms with E-state index in [4.69, 9.17) is 0 Å². The van der Waals surface area contributed by atoms with Crippen molar-refractivity contribution in [3.63, 3.8) is 0 Å². The van der Waals surface area contributed by atoms with Crippen molar-refractivity contribution in [1.82, 2.24) is 14.5 Å². The van der Waals surface area contributed by atoms with E-state index in [1.165, 1.54) is 17.7 Å². The molecule has 1 heterocycles. The van der Waals surface area contributed by atoms with E-state index in [0.29, 0.717) is 35.9 Å². The first-order chi connectivity index (χ1) is 14.0. The molecule has 0 aromatic heterocycles. The Hall–Kier alpha value is -0.760. The number of halogens is 1. The third kappa shape index (κ3) is 6.61. The number of nitrogens with zero attached hydrogens (tertiary/aromatic N) is 2. The minimum atomic E-state index is -0.0920. The van der Waals surface area contributed by atoms with Gasteiger partial charge in [0.25, 0.3) is 0 Å². The fraction of sp³-hybridized carbons (Fsp3) is 0.682. The van der Waals surface area contributed by atoms with Crippen LogP contribution in [0.3, 0.4) is 0 Å². The van der Waals surface area contributed by atoms with E-state index < -0.39 is 0 Å². The van der Waals surface area contributed by atoms with Gasteiger partial charge >= 0.3 is 0 Å². The monoisotopic (exact) mass is 439 g/mol. The zero-order valence-electron chi connectivity index (χ0n) is 17.8. The lowest BCUT2D eigenvalue weighted by Crippen LogP contribution is -2.53. The first-order valence-electron chi connectivity index (χ1n) is 10.8. The molecule has 7 heteroatoms. The van der Waals surface area contributed by atoms with Gasteiger partial charge in [-0.15, -0.1) is 0 Å². The van der Waals surface area contributed by atoms with Gasteiger partial charge in [-0.3, -0.25) is 4.79 Å². The summed E-state index contributed by atoms with van der Waals surface area (Å²) >= 11 is 2.16. The van der Waals surface area contributed by atoms with Gasteiger partial charge in [0, 0.05) is 42.2 Å². The van der Waals surface area contributed by atoms with Crippen LogP contribution in [-0.2, 0) is 10.5 Å². The summed E-state index contributed by atoms with van der Waals surface area (Å²) in [5.41, 5.74) is 1.02. The normalized spacial score (nSPS) is 21.0. The van der Waals surface area contributed by atoms with Gasteiger partial charge in [-0.2, -0.15) is 3.89 Å². The predicted molar refractivity (Wildman–Crippen MR) is 121 cm³/mol. The van der Waals surface area contributed by atoms with Crippen LogP contribution < -0.4 is 5.32 Å². The Balaban J connectivity index is 1.66. The molecule has 162 valence electrons. The van der Waals surface area contributed by atoms with Gasteiger partial charge in [0.2, 0.25) is 5.91 Å². The minimum absolute atomic E-state index is 0.0920. The van der Waals surface area contributed by atoms with Crippen LogP contribution in [0.25, 0.3) is 0 Å². The molecule has 1 aliphatic carbocycles. The molecular formula is C22H34FN3OS2. The zero-order chi connectivity index (χ0) is 20.8.